The molecule has 7 heteroatoms. The lowest BCUT2D eigenvalue weighted by molar-refractivity contribution is -0.151. The van der Waals surface area contributed by atoms with E-state index in [0.717, 1.165) is 5.75 Å². The summed E-state index contributed by atoms with van der Waals surface area (Å²) in [5.74, 6) is 0.387. The number of benzene rings is 5. The van der Waals surface area contributed by atoms with Gasteiger partial charge in [-0.05, 0) is 158 Å². The van der Waals surface area contributed by atoms with E-state index in [1.807, 2.05) is 12.1 Å². The molecule has 334 valence electrons. The van der Waals surface area contributed by atoms with Crippen molar-refractivity contribution in [1.29, 1.82) is 0 Å². The van der Waals surface area contributed by atoms with E-state index in [0.29, 0.717) is 0 Å². The van der Waals surface area contributed by atoms with E-state index in [1.54, 1.807) is 7.11 Å². The van der Waals surface area contributed by atoms with Crippen LogP contribution in [0.5, 0.6) is 5.75 Å². The fourth-order valence-electron chi connectivity index (χ4n) is 7.22. The van der Waals surface area contributed by atoms with Gasteiger partial charge in [-0.25, -0.2) is 4.79 Å². The zero-order valence-electron chi connectivity index (χ0n) is 40.0. The van der Waals surface area contributed by atoms with Crippen LogP contribution in [0.15, 0.2) is 97.1 Å². The van der Waals surface area contributed by atoms with Crippen LogP contribution < -0.4 is 4.74 Å². The van der Waals surface area contributed by atoms with Gasteiger partial charge in [0.05, 0.1) is 7.11 Å². The molecule has 0 aromatic heterocycles. The first-order chi connectivity index (χ1) is 29.3. The second-order valence-electron chi connectivity index (χ2n) is 17.5. The van der Waals surface area contributed by atoms with Gasteiger partial charge in [-0.3, -0.25) is 4.79 Å². The Morgan fingerprint density at radius 2 is 0.935 bits per heavy atom. The Labute approximate surface area is 373 Å². The maximum Gasteiger partial charge on any atom is 0.513 e. The van der Waals surface area contributed by atoms with Gasteiger partial charge >= 0.3 is 12.1 Å². The Balaban J connectivity index is 0.000000229. The fraction of sp³-hybridized carbons (Fsp3) is 0.418. The van der Waals surface area contributed by atoms with Gasteiger partial charge in [0.25, 0.3) is 0 Å². The first-order valence-electron chi connectivity index (χ1n) is 21.7. The van der Waals surface area contributed by atoms with Crippen LogP contribution in [0.25, 0.3) is 11.1 Å². The SMILES string of the molecule is COCOC(=O)OCOC(C)=O.COc1ccc(C(C)(C)C)cc1.Cc1ccc(-c2ccc(C)c(C)c2)cc1C.Cc1ccc(C2(c3ccc(C)c(C)c3)CCCCC2)cc1C. The quantitative estimate of drug-likeness (QED) is 0.114. The van der Waals surface area contributed by atoms with Crippen LogP contribution in [-0.4, -0.2) is 39.9 Å². The Bertz CT molecular complexity index is 2080. The van der Waals surface area contributed by atoms with Crippen molar-refractivity contribution in [2.24, 2.45) is 0 Å². The van der Waals surface area contributed by atoms with Gasteiger partial charge in [-0.2, -0.15) is 0 Å². The normalized spacial score (nSPS) is 12.8. The molecular weight excluding hydrogens is 773 g/mol. The van der Waals surface area contributed by atoms with Crippen LogP contribution in [0.1, 0.15) is 121 Å². The van der Waals surface area contributed by atoms with Gasteiger partial charge in [0.15, 0.2) is 6.79 Å². The topological polar surface area (TPSA) is 80.3 Å². The minimum absolute atomic E-state index is 0.196. The number of ether oxygens (including phenoxy) is 5. The molecule has 1 aliphatic rings. The second kappa shape index (κ2) is 24.3. The van der Waals surface area contributed by atoms with Crippen molar-refractivity contribution in [3.05, 3.63) is 158 Å². The first-order valence-corrected chi connectivity index (χ1v) is 21.7. The third-order valence-electron chi connectivity index (χ3n) is 11.9. The maximum absolute atomic E-state index is 10.5. The number of carbonyl (C=O) groups is 2. The monoisotopic (exact) mass is 845 g/mol. The molecule has 0 radical (unpaired) electrons. The number of hydrogen-bond acceptors (Lipinski definition) is 7. The summed E-state index contributed by atoms with van der Waals surface area (Å²) < 4.78 is 22.3. The molecule has 0 bridgehead atoms. The number of carbonyl (C=O) groups excluding carboxylic acids is 2. The average Bonchev–Trinajstić information content (AvgIpc) is 3.24. The van der Waals surface area contributed by atoms with Crippen molar-refractivity contribution in [2.75, 3.05) is 27.8 Å². The smallest absolute Gasteiger partial charge is 0.497 e. The summed E-state index contributed by atoms with van der Waals surface area (Å²) in [6.45, 7) is 24.7. The number of methoxy groups -OCH3 is 2. The van der Waals surface area contributed by atoms with Crippen LogP contribution in [0.3, 0.4) is 0 Å². The van der Waals surface area contributed by atoms with Crippen LogP contribution in [0.4, 0.5) is 4.79 Å². The third kappa shape index (κ3) is 15.5. The van der Waals surface area contributed by atoms with Crippen molar-refractivity contribution in [3.8, 4) is 16.9 Å². The molecule has 0 unspecified atom stereocenters. The van der Waals surface area contributed by atoms with E-state index in [2.05, 4.69) is 180 Å². The summed E-state index contributed by atoms with van der Waals surface area (Å²) in [4.78, 5) is 20.6. The molecule has 6 rings (SSSR count). The van der Waals surface area contributed by atoms with Gasteiger partial charge < -0.3 is 23.7 Å². The Morgan fingerprint density at radius 1 is 0.516 bits per heavy atom. The Morgan fingerprint density at radius 3 is 1.31 bits per heavy atom. The van der Waals surface area contributed by atoms with E-state index in [1.165, 1.54) is 118 Å². The van der Waals surface area contributed by atoms with Gasteiger partial charge in [-0.1, -0.05) is 125 Å². The molecule has 0 heterocycles. The lowest BCUT2D eigenvalue weighted by Crippen LogP contribution is -2.30. The van der Waals surface area contributed by atoms with E-state index in [9.17, 15) is 9.59 Å². The zero-order valence-corrected chi connectivity index (χ0v) is 40.0. The lowest BCUT2D eigenvalue weighted by Gasteiger charge is -2.39. The highest BCUT2D eigenvalue weighted by molar-refractivity contribution is 5.67. The van der Waals surface area contributed by atoms with E-state index < -0.39 is 18.9 Å². The van der Waals surface area contributed by atoms with Crippen molar-refractivity contribution in [2.45, 2.75) is 126 Å². The van der Waals surface area contributed by atoms with Crippen molar-refractivity contribution < 1.29 is 33.3 Å². The molecule has 1 aliphatic carbocycles. The molecule has 7 nitrogen and oxygen atoms in total. The minimum Gasteiger partial charge on any atom is -0.497 e. The number of hydrogen-bond donors (Lipinski definition) is 0. The standard InChI is InChI=1S/C22H28.C16H18.C11H16O.C6H10O6/c1-16-8-10-20(14-18(16)3)22(12-6-5-7-13-22)21-11-9-17(2)19(4)15-21;1-11-5-7-15(9-13(11)3)16-8-6-12(2)14(4)10-16;1-11(2,3)9-5-7-10(12-4)8-6-9;1-5(7)10-4-12-6(8)11-3-9-2/h8-11,14-15H,5-7,12-13H2,1-4H3;5-10H,1-4H3;5-8H,1-4H3;3-4H2,1-2H3. The van der Waals surface area contributed by atoms with Crippen LogP contribution in [-0.2, 0) is 34.6 Å². The summed E-state index contributed by atoms with van der Waals surface area (Å²) in [5.41, 5.74) is 18.5. The molecule has 0 amide bonds. The van der Waals surface area contributed by atoms with Gasteiger partial charge in [0.2, 0.25) is 6.79 Å². The van der Waals surface area contributed by atoms with E-state index >= 15 is 0 Å². The van der Waals surface area contributed by atoms with Gasteiger partial charge in [0.1, 0.15) is 5.75 Å². The predicted molar refractivity (Wildman–Crippen MR) is 254 cm³/mol. The molecule has 0 spiro atoms. The summed E-state index contributed by atoms with van der Waals surface area (Å²) in [6.07, 6.45) is 5.71. The summed E-state index contributed by atoms with van der Waals surface area (Å²) in [6, 6.07) is 35.8. The van der Waals surface area contributed by atoms with Crippen LogP contribution in [0, 0.1) is 55.4 Å². The van der Waals surface area contributed by atoms with Crippen molar-refractivity contribution in [3.63, 3.8) is 0 Å². The van der Waals surface area contributed by atoms with Gasteiger partial charge in [-0.15, -0.1) is 0 Å². The molecular formula is C55H72O7. The number of aryl methyl sites for hydroxylation is 8. The Kier molecular flexibility index (Phi) is 20.0. The minimum atomic E-state index is -0.946. The molecule has 1 saturated carbocycles. The second-order valence-corrected chi connectivity index (χ2v) is 17.5. The van der Waals surface area contributed by atoms with E-state index in [-0.39, 0.29) is 17.6 Å². The van der Waals surface area contributed by atoms with Crippen molar-refractivity contribution >= 4 is 12.1 Å². The molecule has 1 fully saturated rings. The highest BCUT2D eigenvalue weighted by Gasteiger charge is 2.36. The highest BCUT2D eigenvalue weighted by Crippen LogP contribution is 2.45. The average molecular weight is 845 g/mol. The molecule has 5 aromatic carbocycles. The molecule has 62 heavy (non-hydrogen) atoms. The van der Waals surface area contributed by atoms with Crippen LogP contribution in [0.2, 0.25) is 0 Å². The largest absolute Gasteiger partial charge is 0.513 e. The summed E-state index contributed by atoms with van der Waals surface area (Å²) in [5, 5.41) is 0. The summed E-state index contributed by atoms with van der Waals surface area (Å²) in [7, 11) is 3.05. The number of rotatable bonds is 8. The summed E-state index contributed by atoms with van der Waals surface area (Å²) >= 11 is 0. The van der Waals surface area contributed by atoms with Crippen LogP contribution >= 0.6 is 0 Å². The fourth-order valence-corrected chi connectivity index (χ4v) is 7.22. The molecule has 0 aliphatic heterocycles. The predicted octanol–water partition coefficient (Wildman–Crippen LogP) is 14.0. The molecule has 0 atom stereocenters. The Hall–Kier alpha value is -5.40. The number of esters is 1. The third-order valence-corrected chi connectivity index (χ3v) is 11.9. The zero-order chi connectivity index (χ0) is 46.0. The van der Waals surface area contributed by atoms with Crippen molar-refractivity contribution in [1.82, 2.24) is 0 Å². The maximum atomic E-state index is 10.5. The first kappa shape index (κ1) is 51.0. The molecule has 0 N–H and O–H groups in total. The lowest BCUT2D eigenvalue weighted by atomic mass is 9.64. The molecule has 5 aromatic rings. The highest BCUT2D eigenvalue weighted by atomic mass is 16.8. The molecule has 0 saturated heterocycles. The van der Waals surface area contributed by atoms with E-state index in [4.69, 9.17) is 4.74 Å². The van der Waals surface area contributed by atoms with Gasteiger partial charge in [0, 0.05) is 19.4 Å².